The molecule has 0 saturated carbocycles. The third-order valence-corrected chi connectivity index (χ3v) is 4.50. The molecule has 1 N–H and O–H groups in total. The standard InChI is InChI=1S/C23H29FN2O4/c1-5-21(23(28)25-16(2)3)26(14-17-6-10-19(29-4)11-7-17)22(27)15-30-20-12-8-18(24)9-13-20/h6-13,16,21H,5,14-15H2,1-4H3,(H,25,28)/t21-/m0/s1. The highest BCUT2D eigenvalue weighted by molar-refractivity contribution is 5.88. The van der Waals surface area contributed by atoms with Crippen LogP contribution < -0.4 is 14.8 Å². The van der Waals surface area contributed by atoms with Crippen molar-refractivity contribution in [1.82, 2.24) is 10.2 Å². The number of halogens is 1. The summed E-state index contributed by atoms with van der Waals surface area (Å²) in [5.74, 6) is 0.165. The topological polar surface area (TPSA) is 67.9 Å². The fourth-order valence-electron chi connectivity index (χ4n) is 2.99. The molecule has 2 aromatic carbocycles. The third-order valence-electron chi connectivity index (χ3n) is 4.50. The van der Waals surface area contributed by atoms with Crippen LogP contribution in [0.1, 0.15) is 32.8 Å². The van der Waals surface area contributed by atoms with Gasteiger partial charge in [-0.05, 0) is 62.2 Å². The molecule has 0 spiro atoms. The van der Waals surface area contributed by atoms with Crippen LogP contribution in [0.3, 0.4) is 0 Å². The van der Waals surface area contributed by atoms with Crippen molar-refractivity contribution in [3.63, 3.8) is 0 Å². The SMILES string of the molecule is CC[C@@H](C(=O)NC(C)C)N(Cc1ccc(OC)cc1)C(=O)COc1ccc(F)cc1. The number of nitrogens with zero attached hydrogens (tertiary/aromatic N) is 1. The molecule has 162 valence electrons. The van der Waals surface area contributed by atoms with Crippen LogP contribution in [-0.2, 0) is 16.1 Å². The molecule has 0 saturated heterocycles. The Balaban J connectivity index is 2.19. The summed E-state index contributed by atoms with van der Waals surface area (Å²) in [5.41, 5.74) is 0.863. The summed E-state index contributed by atoms with van der Waals surface area (Å²) in [5, 5.41) is 2.88. The number of nitrogens with one attached hydrogen (secondary N) is 1. The average Bonchev–Trinajstić information content (AvgIpc) is 2.73. The number of rotatable bonds is 10. The van der Waals surface area contributed by atoms with E-state index in [1.807, 2.05) is 45.0 Å². The van der Waals surface area contributed by atoms with Gasteiger partial charge in [-0.1, -0.05) is 19.1 Å². The van der Waals surface area contributed by atoms with Crippen molar-refractivity contribution in [2.24, 2.45) is 0 Å². The van der Waals surface area contributed by atoms with Gasteiger partial charge in [0.15, 0.2) is 6.61 Å². The van der Waals surface area contributed by atoms with E-state index < -0.39 is 6.04 Å². The van der Waals surface area contributed by atoms with E-state index >= 15 is 0 Å². The summed E-state index contributed by atoms with van der Waals surface area (Å²) in [7, 11) is 1.58. The monoisotopic (exact) mass is 416 g/mol. The summed E-state index contributed by atoms with van der Waals surface area (Å²) in [6, 6.07) is 12.1. The van der Waals surface area contributed by atoms with Crippen molar-refractivity contribution >= 4 is 11.8 Å². The van der Waals surface area contributed by atoms with Gasteiger partial charge in [0.2, 0.25) is 5.91 Å². The molecule has 7 heteroatoms. The third kappa shape index (κ3) is 6.76. The molecule has 0 aliphatic heterocycles. The number of methoxy groups -OCH3 is 1. The number of hydrogen-bond acceptors (Lipinski definition) is 4. The van der Waals surface area contributed by atoms with Crippen molar-refractivity contribution < 1.29 is 23.5 Å². The molecule has 0 aromatic heterocycles. The number of hydrogen-bond donors (Lipinski definition) is 1. The van der Waals surface area contributed by atoms with Crippen LogP contribution in [0, 0.1) is 5.82 Å². The first-order chi connectivity index (χ1) is 14.3. The van der Waals surface area contributed by atoms with Crippen molar-refractivity contribution in [1.29, 1.82) is 0 Å². The molecule has 0 aliphatic carbocycles. The van der Waals surface area contributed by atoms with Crippen LogP contribution in [0.5, 0.6) is 11.5 Å². The number of carbonyl (C=O) groups excluding carboxylic acids is 2. The van der Waals surface area contributed by atoms with Gasteiger partial charge in [0.05, 0.1) is 7.11 Å². The van der Waals surface area contributed by atoms with Crippen molar-refractivity contribution in [2.45, 2.75) is 45.8 Å². The second-order valence-electron chi connectivity index (χ2n) is 7.20. The first kappa shape index (κ1) is 23.2. The Hall–Kier alpha value is -3.09. The highest BCUT2D eigenvalue weighted by Gasteiger charge is 2.29. The molecule has 6 nitrogen and oxygen atoms in total. The minimum atomic E-state index is -0.640. The van der Waals surface area contributed by atoms with Gasteiger partial charge in [0.1, 0.15) is 23.4 Å². The summed E-state index contributed by atoms with van der Waals surface area (Å²) >= 11 is 0. The largest absolute Gasteiger partial charge is 0.497 e. The molecular formula is C23H29FN2O4. The highest BCUT2D eigenvalue weighted by atomic mass is 19.1. The summed E-state index contributed by atoms with van der Waals surface area (Å²) in [4.78, 5) is 27.3. The molecule has 0 aliphatic rings. The van der Waals surface area contributed by atoms with Gasteiger partial charge >= 0.3 is 0 Å². The van der Waals surface area contributed by atoms with Crippen molar-refractivity contribution in [3.8, 4) is 11.5 Å². The van der Waals surface area contributed by atoms with Gasteiger partial charge in [0, 0.05) is 12.6 Å². The second-order valence-corrected chi connectivity index (χ2v) is 7.20. The zero-order valence-electron chi connectivity index (χ0n) is 17.9. The Morgan fingerprint density at radius 1 is 1.03 bits per heavy atom. The molecule has 0 heterocycles. The lowest BCUT2D eigenvalue weighted by Gasteiger charge is -2.31. The Morgan fingerprint density at radius 3 is 2.17 bits per heavy atom. The Kier molecular flexibility index (Phi) is 8.65. The Labute approximate surface area is 177 Å². The number of benzene rings is 2. The molecule has 0 bridgehead atoms. The maximum Gasteiger partial charge on any atom is 0.261 e. The predicted octanol–water partition coefficient (Wildman–Crippen LogP) is 3.55. The van der Waals surface area contributed by atoms with E-state index in [1.165, 1.54) is 29.2 Å². The van der Waals surface area contributed by atoms with E-state index in [-0.39, 0.29) is 36.8 Å². The molecule has 1 atom stereocenters. The Morgan fingerprint density at radius 2 is 1.63 bits per heavy atom. The normalized spacial score (nSPS) is 11.7. The van der Waals surface area contributed by atoms with E-state index in [4.69, 9.17) is 9.47 Å². The maximum absolute atomic E-state index is 13.1. The van der Waals surface area contributed by atoms with Crippen LogP contribution in [0.4, 0.5) is 4.39 Å². The lowest BCUT2D eigenvalue weighted by atomic mass is 10.1. The summed E-state index contributed by atoms with van der Waals surface area (Å²) < 4.78 is 23.8. The van der Waals surface area contributed by atoms with Crippen LogP contribution in [0.25, 0.3) is 0 Å². The van der Waals surface area contributed by atoms with E-state index in [2.05, 4.69) is 5.32 Å². The fraction of sp³-hybridized carbons (Fsp3) is 0.391. The lowest BCUT2D eigenvalue weighted by molar-refractivity contribution is -0.143. The van der Waals surface area contributed by atoms with E-state index in [9.17, 15) is 14.0 Å². The molecule has 0 fully saturated rings. The van der Waals surface area contributed by atoms with E-state index in [0.717, 1.165) is 5.56 Å². The summed E-state index contributed by atoms with van der Waals surface area (Å²) in [6.07, 6.45) is 0.455. The zero-order valence-corrected chi connectivity index (χ0v) is 17.9. The number of carbonyl (C=O) groups is 2. The van der Waals surface area contributed by atoms with Gasteiger partial charge in [0.25, 0.3) is 5.91 Å². The molecule has 2 rings (SSSR count). The maximum atomic E-state index is 13.1. The summed E-state index contributed by atoms with van der Waals surface area (Å²) in [6.45, 7) is 5.60. The Bertz CT molecular complexity index is 822. The van der Waals surface area contributed by atoms with Crippen LogP contribution in [0.2, 0.25) is 0 Å². The van der Waals surface area contributed by atoms with Crippen molar-refractivity contribution in [3.05, 3.63) is 59.9 Å². The first-order valence-electron chi connectivity index (χ1n) is 9.95. The number of amides is 2. The number of ether oxygens (including phenoxy) is 2. The van der Waals surface area contributed by atoms with Gasteiger partial charge in [-0.15, -0.1) is 0 Å². The van der Waals surface area contributed by atoms with Crippen LogP contribution in [-0.4, -0.2) is 42.5 Å². The molecular weight excluding hydrogens is 387 g/mol. The molecule has 0 radical (unpaired) electrons. The molecule has 2 amide bonds. The van der Waals surface area contributed by atoms with Crippen LogP contribution >= 0.6 is 0 Å². The van der Waals surface area contributed by atoms with Gasteiger partial charge in [-0.25, -0.2) is 4.39 Å². The molecule has 30 heavy (non-hydrogen) atoms. The quantitative estimate of drug-likeness (QED) is 0.643. The lowest BCUT2D eigenvalue weighted by Crippen LogP contribution is -2.51. The van der Waals surface area contributed by atoms with Crippen molar-refractivity contribution in [2.75, 3.05) is 13.7 Å². The fourth-order valence-corrected chi connectivity index (χ4v) is 2.99. The average molecular weight is 416 g/mol. The van der Waals surface area contributed by atoms with Crippen LogP contribution in [0.15, 0.2) is 48.5 Å². The minimum Gasteiger partial charge on any atom is -0.497 e. The van der Waals surface area contributed by atoms with Gasteiger partial charge < -0.3 is 19.7 Å². The van der Waals surface area contributed by atoms with E-state index in [0.29, 0.717) is 17.9 Å². The molecule has 2 aromatic rings. The van der Waals surface area contributed by atoms with Gasteiger partial charge in [-0.3, -0.25) is 9.59 Å². The zero-order chi connectivity index (χ0) is 22.1. The smallest absolute Gasteiger partial charge is 0.261 e. The highest BCUT2D eigenvalue weighted by Crippen LogP contribution is 2.17. The van der Waals surface area contributed by atoms with E-state index in [1.54, 1.807) is 7.11 Å². The second kappa shape index (κ2) is 11.2. The predicted molar refractivity (Wildman–Crippen MR) is 113 cm³/mol. The first-order valence-corrected chi connectivity index (χ1v) is 9.95. The van der Waals surface area contributed by atoms with Gasteiger partial charge in [-0.2, -0.15) is 0 Å². The minimum absolute atomic E-state index is 0.0417. The molecule has 0 unspecified atom stereocenters.